The van der Waals surface area contributed by atoms with E-state index >= 15 is 0 Å². The number of hydrogen-bond acceptors (Lipinski definition) is 6. The van der Waals surface area contributed by atoms with Gasteiger partial charge >= 0.3 is 0 Å². The highest BCUT2D eigenvalue weighted by Crippen LogP contribution is 2.23. The third-order valence-electron chi connectivity index (χ3n) is 5.46. The summed E-state index contributed by atoms with van der Waals surface area (Å²) in [6.07, 6.45) is 1.62. The van der Waals surface area contributed by atoms with E-state index in [2.05, 4.69) is 15.2 Å². The molecule has 2 amide bonds. The van der Waals surface area contributed by atoms with E-state index in [4.69, 9.17) is 21.1 Å². The van der Waals surface area contributed by atoms with Gasteiger partial charge in [-0.2, -0.15) is 0 Å². The Labute approximate surface area is 193 Å². The molecule has 0 radical (unpaired) electrons. The summed E-state index contributed by atoms with van der Waals surface area (Å²) >= 11 is 5.92. The van der Waals surface area contributed by atoms with Crippen molar-refractivity contribution in [1.82, 2.24) is 15.2 Å². The number of methoxy groups -OCH3 is 2. The van der Waals surface area contributed by atoms with Gasteiger partial charge in [-0.1, -0.05) is 25.4 Å². The molecule has 8 nitrogen and oxygen atoms in total. The number of benzene rings is 1. The summed E-state index contributed by atoms with van der Waals surface area (Å²) in [5.41, 5.74) is 0.373. The first-order valence-corrected chi connectivity index (χ1v) is 10.9. The highest BCUT2D eigenvalue weighted by atomic mass is 35.5. The molecule has 32 heavy (non-hydrogen) atoms. The largest absolute Gasteiger partial charge is 0.497 e. The van der Waals surface area contributed by atoms with E-state index in [9.17, 15) is 9.59 Å². The number of nitrogens with zero attached hydrogens (tertiary/aromatic N) is 3. The molecule has 1 saturated heterocycles. The van der Waals surface area contributed by atoms with E-state index in [-0.39, 0.29) is 17.7 Å². The molecule has 1 aliphatic rings. The summed E-state index contributed by atoms with van der Waals surface area (Å²) < 4.78 is 10.5. The van der Waals surface area contributed by atoms with Crippen molar-refractivity contribution in [3.05, 3.63) is 47.1 Å². The van der Waals surface area contributed by atoms with Crippen molar-refractivity contribution >= 4 is 29.2 Å². The first-order chi connectivity index (χ1) is 15.3. The minimum atomic E-state index is -0.639. The van der Waals surface area contributed by atoms with Crippen LogP contribution < -0.4 is 19.7 Å². The van der Waals surface area contributed by atoms with Crippen molar-refractivity contribution in [2.75, 3.05) is 45.3 Å². The molecule has 1 atom stereocenters. The Kier molecular flexibility index (Phi) is 7.80. The molecule has 172 valence electrons. The van der Waals surface area contributed by atoms with Crippen LogP contribution in [0.2, 0.25) is 5.02 Å². The molecule has 1 unspecified atom stereocenters. The molecule has 9 heteroatoms. The van der Waals surface area contributed by atoms with Crippen molar-refractivity contribution in [3.8, 4) is 11.5 Å². The molecule has 1 aromatic carbocycles. The van der Waals surface area contributed by atoms with Crippen molar-refractivity contribution in [2.45, 2.75) is 19.9 Å². The summed E-state index contributed by atoms with van der Waals surface area (Å²) in [6.45, 7) is 6.26. The number of piperazine rings is 1. The summed E-state index contributed by atoms with van der Waals surface area (Å²) in [7, 11) is 3.05. The number of rotatable bonds is 7. The minimum Gasteiger partial charge on any atom is -0.497 e. The van der Waals surface area contributed by atoms with E-state index in [1.807, 2.05) is 19.9 Å². The van der Waals surface area contributed by atoms with Gasteiger partial charge in [0.15, 0.2) is 0 Å². The first kappa shape index (κ1) is 23.7. The Morgan fingerprint density at radius 1 is 1.03 bits per heavy atom. The molecule has 0 saturated carbocycles. The van der Waals surface area contributed by atoms with Gasteiger partial charge in [-0.25, -0.2) is 4.98 Å². The Morgan fingerprint density at radius 2 is 1.66 bits per heavy atom. The average molecular weight is 461 g/mol. The highest BCUT2D eigenvalue weighted by Gasteiger charge is 2.31. The average Bonchev–Trinajstić information content (AvgIpc) is 2.82. The Hall–Kier alpha value is -3.00. The lowest BCUT2D eigenvalue weighted by Crippen LogP contribution is -2.56. The summed E-state index contributed by atoms with van der Waals surface area (Å²) in [4.78, 5) is 34.4. The lowest BCUT2D eigenvalue weighted by Gasteiger charge is -2.37. The van der Waals surface area contributed by atoms with E-state index in [1.165, 1.54) is 14.2 Å². The second kappa shape index (κ2) is 10.5. The second-order valence-corrected chi connectivity index (χ2v) is 8.38. The Balaban J connectivity index is 1.66. The lowest BCUT2D eigenvalue weighted by molar-refractivity contribution is -0.134. The van der Waals surface area contributed by atoms with Gasteiger partial charge in [0, 0.05) is 44.0 Å². The van der Waals surface area contributed by atoms with Gasteiger partial charge < -0.3 is 24.6 Å². The van der Waals surface area contributed by atoms with Crippen LogP contribution in [0.5, 0.6) is 11.5 Å². The quantitative estimate of drug-likeness (QED) is 0.684. The number of ether oxygens (including phenoxy) is 2. The molecule has 1 N–H and O–H groups in total. The normalized spacial score (nSPS) is 14.8. The van der Waals surface area contributed by atoms with Crippen molar-refractivity contribution in [1.29, 1.82) is 0 Å². The van der Waals surface area contributed by atoms with Crippen LogP contribution in [0.3, 0.4) is 0 Å². The van der Waals surface area contributed by atoms with Crippen LogP contribution in [0.25, 0.3) is 0 Å². The third-order valence-corrected chi connectivity index (χ3v) is 5.68. The maximum Gasteiger partial charge on any atom is 0.252 e. The van der Waals surface area contributed by atoms with Gasteiger partial charge in [0.25, 0.3) is 5.91 Å². The zero-order valence-electron chi connectivity index (χ0n) is 18.8. The maximum absolute atomic E-state index is 13.3. The van der Waals surface area contributed by atoms with Gasteiger partial charge in [-0.05, 0) is 30.2 Å². The predicted molar refractivity (Wildman–Crippen MR) is 124 cm³/mol. The van der Waals surface area contributed by atoms with Gasteiger partial charge in [0.2, 0.25) is 5.91 Å². The fourth-order valence-electron chi connectivity index (χ4n) is 3.58. The van der Waals surface area contributed by atoms with Crippen LogP contribution in [-0.4, -0.2) is 68.1 Å². The molecule has 0 spiro atoms. The number of anilines is 1. The SMILES string of the molecule is COc1cc(OC)cc(C(=O)NC(C(=O)N2CCN(c3ccc(Cl)cn3)CC2)C(C)C)c1. The number of halogens is 1. The van der Waals surface area contributed by atoms with Crippen LogP contribution in [-0.2, 0) is 4.79 Å². The Morgan fingerprint density at radius 3 is 2.16 bits per heavy atom. The van der Waals surface area contributed by atoms with Gasteiger partial charge in [0.05, 0.1) is 19.2 Å². The summed E-state index contributed by atoms with van der Waals surface area (Å²) in [5, 5.41) is 3.49. The topological polar surface area (TPSA) is 84.0 Å². The number of pyridine rings is 1. The number of nitrogens with one attached hydrogen (secondary N) is 1. The molecule has 2 aromatic rings. The number of aromatic nitrogens is 1. The summed E-state index contributed by atoms with van der Waals surface area (Å²) in [6, 6.07) is 7.98. The van der Waals surface area contributed by atoms with Crippen molar-refractivity contribution < 1.29 is 19.1 Å². The number of hydrogen-bond donors (Lipinski definition) is 1. The molecule has 1 aliphatic heterocycles. The van der Waals surface area contributed by atoms with E-state index in [0.29, 0.717) is 48.3 Å². The third kappa shape index (κ3) is 5.62. The molecular weight excluding hydrogens is 432 g/mol. The first-order valence-electron chi connectivity index (χ1n) is 10.5. The van der Waals surface area contributed by atoms with Crippen molar-refractivity contribution in [2.24, 2.45) is 5.92 Å². The van der Waals surface area contributed by atoms with Crippen LogP contribution in [0, 0.1) is 5.92 Å². The molecular formula is C23H29ClN4O4. The smallest absolute Gasteiger partial charge is 0.252 e. The molecule has 0 bridgehead atoms. The molecule has 2 heterocycles. The monoisotopic (exact) mass is 460 g/mol. The highest BCUT2D eigenvalue weighted by molar-refractivity contribution is 6.30. The zero-order chi connectivity index (χ0) is 23.3. The van der Waals surface area contributed by atoms with E-state index < -0.39 is 6.04 Å². The fourth-order valence-corrected chi connectivity index (χ4v) is 3.70. The van der Waals surface area contributed by atoms with Crippen LogP contribution in [0.1, 0.15) is 24.2 Å². The fraction of sp³-hybridized carbons (Fsp3) is 0.435. The lowest BCUT2D eigenvalue weighted by atomic mass is 10.0. The second-order valence-electron chi connectivity index (χ2n) is 7.94. The van der Waals surface area contributed by atoms with E-state index in [0.717, 1.165) is 5.82 Å². The molecule has 1 fully saturated rings. The zero-order valence-corrected chi connectivity index (χ0v) is 19.6. The number of carbonyl (C=O) groups is 2. The minimum absolute atomic E-state index is 0.0742. The number of amides is 2. The Bertz CT molecular complexity index is 921. The van der Waals surface area contributed by atoms with Crippen LogP contribution in [0.15, 0.2) is 36.5 Å². The van der Waals surface area contributed by atoms with Gasteiger partial charge in [-0.15, -0.1) is 0 Å². The molecule has 1 aromatic heterocycles. The van der Waals surface area contributed by atoms with Gasteiger partial charge in [-0.3, -0.25) is 9.59 Å². The molecule has 0 aliphatic carbocycles. The number of carbonyl (C=O) groups excluding carboxylic acids is 2. The molecule has 3 rings (SSSR count). The van der Waals surface area contributed by atoms with Gasteiger partial charge in [0.1, 0.15) is 23.4 Å². The van der Waals surface area contributed by atoms with Crippen molar-refractivity contribution in [3.63, 3.8) is 0 Å². The van der Waals surface area contributed by atoms with Crippen LogP contribution >= 0.6 is 11.6 Å². The maximum atomic E-state index is 13.3. The standard InChI is InChI=1S/C23H29ClN4O4/c1-15(2)21(26-22(29)16-11-18(31-3)13-19(12-16)32-4)23(30)28-9-7-27(8-10-28)20-6-5-17(24)14-25-20/h5-6,11-15,21H,7-10H2,1-4H3,(H,26,29). The van der Waals surface area contributed by atoms with Crippen LogP contribution in [0.4, 0.5) is 5.82 Å². The summed E-state index contributed by atoms with van der Waals surface area (Å²) in [5.74, 6) is 1.34. The predicted octanol–water partition coefficient (Wildman–Crippen LogP) is 2.86. The van der Waals surface area contributed by atoms with E-state index in [1.54, 1.807) is 35.4 Å².